The Hall–Kier alpha value is -1.75. The zero-order chi connectivity index (χ0) is 18.4. The Morgan fingerprint density at radius 2 is 1.76 bits per heavy atom. The summed E-state index contributed by atoms with van der Waals surface area (Å²) in [7, 11) is 0. The van der Waals surface area contributed by atoms with Crippen molar-refractivity contribution in [3.8, 4) is 0 Å². The molecular formula is C20H27F3N2. The van der Waals surface area contributed by atoms with Crippen molar-refractivity contribution in [2.24, 2.45) is 5.92 Å². The molecule has 1 aliphatic rings. The van der Waals surface area contributed by atoms with Crippen LogP contribution in [0, 0.1) is 5.92 Å². The Morgan fingerprint density at radius 1 is 1.16 bits per heavy atom. The van der Waals surface area contributed by atoms with E-state index in [-0.39, 0.29) is 0 Å². The van der Waals surface area contributed by atoms with Crippen molar-refractivity contribution >= 4 is 5.69 Å². The second kappa shape index (κ2) is 8.56. The number of benzene rings is 1. The molecule has 5 heteroatoms. The summed E-state index contributed by atoms with van der Waals surface area (Å²) in [5.74, 6) is 0.547. The third kappa shape index (κ3) is 5.63. The summed E-state index contributed by atoms with van der Waals surface area (Å²) < 4.78 is 37.9. The topological polar surface area (TPSA) is 24.1 Å². The highest BCUT2D eigenvalue weighted by Gasteiger charge is 2.29. The number of hydrogen-bond acceptors (Lipinski definition) is 2. The maximum atomic E-state index is 12.6. The van der Waals surface area contributed by atoms with Gasteiger partial charge in [-0.3, -0.25) is 0 Å². The molecule has 2 rings (SSSR count). The standard InChI is InChI=1S/C20H27F3N2/c1-4-14(2)19(16-9-11-24-12-10-16)13-15(3)25-18-7-5-17(6-8-18)20(21,22)23/h5-8,13,16,24-25H,4,9-12H2,1-3H3/b15-13-,19-14-. The third-order valence-corrected chi connectivity index (χ3v) is 4.73. The number of allylic oxidation sites excluding steroid dienone is 4. The molecule has 0 amide bonds. The Labute approximate surface area is 148 Å². The van der Waals surface area contributed by atoms with Crippen molar-refractivity contribution in [3.63, 3.8) is 0 Å². The summed E-state index contributed by atoms with van der Waals surface area (Å²) in [6.45, 7) is 8.35. The fourth-order valence-electron chi connectivity index (χ4n) is 3.17. The number of alkyl halides is 3. The second-order valence-electron chi connectivity index (χ2n) is 6.64. The van der Waals surface area contributed by atoms with Crippen LogP contribution < -0.4 is 10.6 Å². The number of halogens is 3. The minimum atomic E-state index is -4.30. The molecule has 0 radical (unpaired) electrons. The van der Waals surface area contributed by atoms with E-state index in [1.165, 1.54) is 23.3 Å². The molecule has 0 aromatic heterocycles. The maximum Gasteiger partial charge on any atom is 0.416 e. The fourth-order valence-corrected chi connectivity index (χ4v) is 3.17. The average Bonchev–Trinajstić information content (AvgIpc) is 2.59. The minimum Gasteiger partial charge on any atom is -0.359 e. The molecule has 25 heavy (non-hydrogen) atoms. The van der Waals surface area contributed by atoms with Crippen molar-refractivity contribution in [1.29, 1.82) is 0 Å². The van der Waals surface area contributed by atoms with Crippen molar-refractivity contribution in [1.82, 2.24) is 5.32 Å². The molecule has 1 aromatic rings. The zero-order valence-electron chi connectivity index (χ0n) is 15.1. The third-order valence-electron chi connectivity index (χ3n) is 4.73. The molecule has 0 saturated carbocycles. The molecule has 138 valence electrons. The molecule has 0 spiro atoms. The van der Waals surface area contributed by atoms with Gasteiger partial charge in [0, 0.05) is 11.4 Å². The maximum absolute atomic E-state index is 12.6. The molecule has 0 unspecified atom stereocenters. The molecule has 1 heterocycles. The monoisotopic (exact) mass is 352 g/mol. The van der Waals surface area contributed by atoms with Gasteiger partial charge in [-0.1, -0.05) is 12.5 Å². The number of anilines is 1. The van der Waals surface area contributed by atoms with Crippen molar-refractivity contribution in [2.45, 2.75) is 46.2 Å². The quantitative estimate of drug-likeness (QED) is 0.660. The van der Waals surface area contributed by atoms with Gasteiger partial charge < -0.3 is 10.6 Å². The molecular weight excluding hydrogens is 325 g/mol. The van der Waals surface area contributed by atoms with Gasteiger partial charge in [-0.2, -0.15) is 13.2 Å². The fraction of sp³-hybridized carbons (Fsp3) is 0.500. The Morgan fingerprint density at radius 3 is 2.28 bits per heavy atom. The molecule has 1 aromatic carbocycles. The lowest BCUT2D eigenvalue weighted by atomic mass is 9.86. The van der Waals surface area contributed by atoms with E-state index in [4.69, 9.17) is 0 Å². The molecule has 0 bridgehead atoms. The predicted octanol–water partition coefficient (Wildman–Crippen LogP) is 5.75. The molecule has 0 atom stereocenters. The van der Waals surface area contributed by atoms with E-state index in [0.717, 1.165) is 50.2 Å². The molecule has 1 aliphatic heterocycles. The first-order valence-electron chi connectivity index (χ1n) is 8.84. The van der Waals surface area contributed by atoms with Crippen LogP contribution in [-0.2, 0) is 6.18 Å². The Kier molecular flexibility index (Phi) is 6.71. The van der Waals surface area contributed by atoms with Crippen LogP contribution in [0.5, 0.6) is 0 Å². The highest BCUT2D eigenvalue weighted by Crippen LogP contribution is 2.31. The van der Waals surface area contributed by atoms with Crippen molar-refractivity contribution < 1.29 is 13.2 Å². The number of piperidine rings is 1. The Balaban J connectivity index is 2.14. The highest BCUT2D eigenvalue weighted by atomic mass is 19.4. The van der Waals surface area contributed by atoms with Crippen LogP contribution in [0.2, 0.25) is 0 Å². The second-order valence-corrected chi connectivity index (χ2v) is 6.64. The SMILES string of the molecule is CC/C(C)=C(/C=C(/C)Nc1ccc(C(F)(F)F)cc1)C1CCNCC1. The van der Waals surface area contributed by atoms with Crippen LogP contribution in [-0.4, -0.2) is 13.1 Å². The van der Waals surface area contributed by atoms with E-state index < -0.39 is 11.7 Å². The van der Waals surface area contributed by atoms with Gasteiger partial charge in [0.25, 0.3) is 0 Å². The highest BCUT2D eigenvalue weighted by molar-refractivity contribution is 5.50. The van der Waals surface area contributed by atoms with Gasteiger partial charge in [-0.05, 0) is 88.0 Å². The smallest absolute Gasteiger partial charge is 0.359 e. The van der Waals surface area contributed by atoms with Crippen LogP contribution >= 0.6 is 0 Å². The first-order chi connectivity index (χ1) is 11.8. The Bertz CT molecular complexity index is 621. The number of rotatable bonds is 5. The summed E-state index contributed by atoms with van der Waals surface area (Å²) in [5, 5.41) is 6.60. The zero-order valence-corrected chi connectivity index (χ0v) is 15.1. The van der Waals surface area contributed by atoms with E-state index in [9.17, 15) is 13.2 Å². The van der Waals surface area contributed by atoms with Gasteiger partial charge >= 0.3 is 6.18 Å². The molecule has 1 saturated heterocycles. The van der Waals surface area contributed by atoms with Gasteiger partial charge in [0.1, 0.15) is 0 Å². The lowest BCUT2D eigenvalue weighted by Gasteiger charge is -2.26. The number of nitrogens with one attached hydrogen (secondary N) is 2. The molecule has 2 nitrogen and oxygen atoms in total. The molecule has 2 N–H and O–H groups in total. The minimum absolute atomic E-state index is 0.547. The first-order valence-corrected chi connectivity index (χ1v) is 8.84. The van der Waals surface area contributed by atoms with Crippen molar-refractivity contribution in [2.75, 3.05) is 18.4 Å². The van der Waals surface area contributed by atoms with Crippen LogP contribution in [0.1, 0.15) is 45.6 Å². The summed E-state index contributed by atoms with van der Waals surface area (Å²) in [5.41, 5.74) is 3.72. The predicted molar refractivity (Wildman–Crippen MR) is 97.4 cm³/mol. The lowest BCUT2D eigenvalue weighted by Crippen LogP contribution is -2.28. The van der Waals surface area contributed by atoms with Crippen LogP contribution in [0.3, 0.4) is 0 Å². The van der Waals surface area contributed by atoms with E-state index in [2.05, 4.69) is 30.6 Å². The summed E-state index contributed by atoms with van der Waals surface area (Å²) in [6, 6.07) is 5.16. The lowest BCUT2D eigenvalue weighted by molar-refractivity contribution is -0.137. The molecule has 0 aliphatic carbocycles. The number of hydrogen-bond donors (Lipinski definition) is 2. The van der Waals surface area contributed by atoms with Gasteiger partial charge in [0.05, 0.1) is 5.56 Å². The van der Waals surface area contributed by atoms with E-state index in [0.29, 0.717) is 11.6 Å². The summed E-state index contributed by atoms with van der Waals surface area (Å²) in [6.07, 6.45) is 1.11. The largest absolute Gasteiger partial charge is 0.416 e. The van der Waals surface area contributed by atoms with E-state index >= 15 is 0 Å². The normalized spacial score (nSPS) is 18.1. The van der Waals surface area contributed by atoms with Gasteiger partial charge in [0.15, 0.2) is 0 Å². The summed E-state index contributed by atoms with van der Waals surface area (Å²) in [4.78, 5) is 0. The van der Waals surface area contributed by atoms with Gasteiger partial charge in [-0.15, -0.1) is 0 Å². The van der Waals surface area contributed by atoms with E-state index in [1.807, 2.05) is 6.92 Å². The first kappa shape index (κ1) is 19.6. The van der Waals surface area contributed by atoms with Crippen LogP contribution in [0.15, 0.2) is 47.2 Å². The average molecular weight is 352 g/mol. The summed E-state index contributed by atoms with van der Waals surface area (Å²) >= 11 is 0. The van der Waals surface area contributed by atoms with Gasteiger partial charge in [0.2, 0.25) is 0 Å². The van der Waals surface area contributed by atoms with Crippen LogP contribution in [0.4, 0.5) is 18.9 Å². The van der Waals surface area contributed by atoms with Crippen molar-refractivity contribution in [3.05, 3.63) is 52.7 Å². The van der Waals surface area contributed by atoms with Crippen LogP contribution in [0.25, 0.3) is 0 Å². The van der Waals surface area contributed by atoms with E-state index in [1.54, 1.807) is 0 Å². The molecule has 1 fully saturated rings. The van der Waals surface area contributed by atoms with Gasteiger partial charge in [-0.25, -0.2) is 0 Å².